The van der Waals surface area contributed by atoms with Crippen molar-refractivity contribution in [1.29, 1.82) is 0 Å². The number of rotatable bonds is 5. The number of carbonyl (C=O) groups is 1. The maximum Gasteiger partial charge on any atom is 0.265 e. The third-order valence-corrected chi connectivity index (χ3v) is 3.35. The van der Waals surface area contributed by atoms with Crippen LogP contribution < -0.4 is 14.8 Å². The normalized spacial score (nSPS) is 22.1. The van der Waals surface area contributed by atoms with E-state index < -0.39 is 6.10 Å². The molecule has 0 saturated heterocycles. The molecule has 5 heteroatoms. The average Bonchev–Trinajstić information content (AvgIpc) is 2.44. The molecule has 2 rings (SSSR count). The molecule has 1 aliphatic heterocycles. The Kier molecular flexibility index (Phi) is 4.84. The topological polar surface area (TPSA) is 67.8 Å². The van der Waals surface area contributed by atoms with Gasteiger partial charge in [0.15, 0.2) is 11.5 Å². The molecule has 5 nitrogen and oxygen atoms in total. The molecule has 1 heterocycles. The van der Waals surface area contributed by atoms with Gasteiger partial charge < -0.3 is 19.9 Å². The zero-order chi connectivity index (χ0) is 14.5. The molecule has 0 radical (unpaired) electrons. The van der Waals surface area contributed by atoms with Gasteiger partial charge in [0, 0.05) is 13.2 Å². The zero-order valence-corrected chi connectivity index (χ0v) is 11.8. The van der Waals surface area contributed by atoms with E-state index in [9.17, 15) is 4.79 Å². The van der Waals surface area contributed by atoms with E-state index in [4.69, 9.17) is 14.6 Å². The summed E-state index contributed by atoms with van der Waals surface area (Å²) in [7, 11) is 0. The maximum absolute atomic E-state index is 12.1. The molecular weight excluding hydrogens is 258 g/mol. The number of hydrogen-bond donors (Lipinski definition) is 2. The molecule has 0 saturated carbocycles. The monoisotopic (exact) mass is 279 g/mol. The Balaban J connectivity index is 1.94. The number of carbonyl (C=O) groups excluding carboxylic acids is 1. The Morgan fingerprint density at radius 1 is 1.35 bits per heavy atom. The molecule has 0 bridgehead atoms. The smallest absolute Gasteiger partial charge is 0.265 e. The summed E-state index contributed by atoms with van der Waals surface area (Å²) in [6, 6.07) is 7.32. The van der Waals surface area contributed by atoms with Crippen LogP contribution in [0.2, 0.25) is 0 Å². The molecule has 1 aliphatic rings. The van der Waals surface area contributed by atoms with Crippen molar-refractivity contribution in [2.45, 2.75) is 32.5 Å². The van der Waals surface area contributed by atoms with Gasteiger partial charge >= 0.3 is 0 Å². The van der Waals surface area contributed by atoms with Crippen LogP contribution in [0.4, 0.5) is 0 Å². The standard InChI is InChI=1S/C15H21NO4/c1-10(7-8-17)9-16-15(18)14-11(2)19-12-5-3-4-6-13(12)20-14/h3-6,10-11,14,17H,7-9H2,1-2H3,(H,16,18). The fraction of sp³-hybridized carbons (Fsp3) is 0.533. The first-order chi connectivity index (χ1) is 9.61. The first kappa shape index (κ1) is 14.7. The van der Waals surface area contributed by atoms with Crippen LogP contribution in [-0.2, 0) is 4.79 Å². The first-order valence-electron chi connectivity index (χ1n) is 6.92. The second-order valence-electron chi connectivity index (χ2n) is 5.17. The van der Waals surface area contributed by atoms with Crippen LogP contribution in [0.5, 0.6) is 11.5 Å². The molecule has 1 aromatic rings. The van der Waals surface area contributed by atoms with E-state index in [-0.39, 0.29) is 24.5 Å². The number of fused-ring (bicyclic) bond motifs is 1. The number of aliphatic hydroxyl groups excluding tert-OH is 1. The minimum absolute atomic E-state index is 0.129. The molecule has 0 aliphatic carbocycles. The molecule has 3 unspecified atom stereocenters. The third kappa shape index (κ3) is 3.42. The molecule has 3 atom stereocenters. The van der Waals surface area contributed by atoms with Crippen LogP contribution in [0.3, 0.4) is 0 Å². The molecule has 0 fully saturated rings. The summed E-state index contributed by atoms with van der Waals surface area (Å²) in [5.74, 6) is 1.31. The minimum Gasteiger partial charge on any atom is -0.482 e. The molecule has 110 valence electrons. The zero-order valence-electron chi connectivity index (χ0n) is 11.8. The van der Waals surface area contributed by atoms with Crippen molar-refractivity contribution < 1.29 is 19.4 Å². The van der Waals surface area contributed by atoms with Crippen molar-refractivity contribution >= 4 is 5.91 Å². The quantitative estimate of drug-likeness (QED) is 0.853. The van der Waals surface area contributed by atoms with E-state index in [1.807, 2.05) is 32.0 Å². The van der Waals surface area contributed by atoms with Gasteiger partial charge in [-0.3, -0.25) is 4.79 Å². The number of nitrogens with one attached hydrogen (secondary N) is 1. The largest absolute Gasteiger partial charge is 0.482 e. The summed E-state index contributed by atoms with van der Waals surface area (Å²) in [4.78, 5) is 12.1. The summed E-state index contributed by atoms with van der Waals surface area (Å²) in [5.41, 5.74) is 0. The predicted octanol–water partition coefficient (Wildman–Crippen LogP) is 1.35. The Labute approximate surface area is 118 Å². The van der Waals surface area contributed by atoms with Gasteiger partial charge in [0.2, 0.25) is 6.10 Å². The van der Waals surface area contributed by atoms with Crippen molar-refractivity contribution in [1.82, 2.24) is 5.32 Å². The summed E-state index contributed by atoms with van der Waals surface area (Å²) in [5, 5.41) is 11.7. The highest BCUT2D eigenvalue weighted by atomic mass is 16.6. The number of ether oxygens (including phenoxy) is 2. The summed E-state index contributed by atoms with van der Waals surface area (Å²) in [6.45, 7) is 4.45. The van der Waals surface area contributed by atoms with Gasteiger partial charge in [0.1, 0.15) is 6.10 Å². The van der Waals surface area contributed by atoms with Gasteiger partial charge in [-0.2, -0.15) is 0 Å². The average molecular weight is 279 g/mol. The molecular formula is C15H21NO4. The van der Waals surface area contributed by atoms with Crippen LogP contribution in [0.15, 0.2) is 24.3 Å². The highest BCUT2D eigenvalue weighted by Gasteiger charge is 2.33. The maximum atomic E-state index is 12.1. The summed E-state index contributed by atoms with van der Waals surface area (Å²) in [6.07, 6.45) is -0.315. The Morgan fingerprint density at radius 3 is 2.65 bits per heavy atom. The van der Waals surface area contributed by atoms with Gasteiger partial charge in [-0.15, -0.1) is 0 Å². The van der Waals surface area contributed by atoms with Crippen molar-refractivity contribution in [3.63, 3.8) is 0 Å². The van der Waals surface area contributed by atoms with Gasteiger partial charge in [-0.25, -0.2) is 0 Å². The second kappa shape index (κ2) is 6.61. The van der Waals surface area contributed by atoms with Crippen molar-refractivity contribution in [3.8, 4) is 11.5 Å². The number of para-hydroxylation sites is 2. The molecule has 2 N–H and O–H groups in total. The van der Waals surface area contributed by atoms with E-state index in [0.29, 0.717) is 24.5 Å². The fourth-order valence-electron chi connectivity index (χ4n) is 2.10. The molecule has 0 spiro atoms. The van der Waals surface area contributed by atoms with Gasteiger partial charge in [-0.05, 0) is 31.4 Å². The van der Waals surface area contributed by atoms with E-state index >= 15 is 0 Å². The van der Waals surface area contributed by atoms with Gasteiger partial charge in [-0.1, -0.05) is 19.1 Å². The number of hydrogen-bond acceptors (Lipinski definition) is 4. The van der Waals surface area contributed by atoms with Gasteiger partial charge in [0.05, 0.1) is 0 Å². The van der Waals surface area contributed by atoms with Gasteiger partial charge in [0.25, 0.3) is 5.91 Å². The van der Waals surface area contributed by atoms with Crippen molar-refractivity contribution in [2.24, 2.45) is 5.92 Å². The molecule has 1 aromatic carbocycles. The van der Waals surface area contributed by atoms with Crippen molar-refractivity contribution in [3.05, 3.63) is 24.3 Å². The highest BCUT2D eigenvalue weighted by Crippen LogP contribution is 2.33. The second-order valence-corrected chi connectivity index (χ2v) is 5.17. The van der Waals surface area contributed by atoms with E-state index in [0.717, 1.165) is 0 Å². The lowest BCUT2D eigenvalue weighted by molar-refractivity contribution is -0.133. The minimum atomic E-state index is -0.647. The first-order valence-corrected chi connectivity index (χ1v) is 6.92. The van der Waals surface area contributed by atoms with Crippen LogP contribution in [0.1, 0.15) is 20.3 Å². The lowest BCUT2D eigenvalue weighted by Gasteiger charge is -2.31. The van der Waals surface area contributed by atoms with Crippen LogP contribution >= 0.6 is 0 Å². The van der Waals surface area contributed by atoms with Crippen LogP contribution in [0.25, 0.3) is 0 Å². The van der Waals surface area contributed by atoms with E-state index in [1.54, 1.807) is 6.07 Å². The lowest BCUT2D eigenvalue weighted by Crippen LogP contribution is -2.49. The van der Waals surface area contributed by atoms with E-state index in [1.165, 1.54) is 0 Å². The number of benzene rings is 1. The van der Waals surface area contributed by atoms with Crippen LogP contribution in [-0.4, -0.2) is 36.4 Å². The highest BCUT2D eigenvalue weighted by molar-refractivity contribution is 5.82. The lowest BCUT2D eigenvalue weighted by atomic mass is 10.1. The Morgan fingerprint density at radius 2 is 2.00 bits per heavy atom. The Bertz CT molecular complexity index is 463. The fourth-order valence-corrected chi connectivity index (χ4v) is 2.10. The molecule has 1 amide bonds. The summed E-state index contributed by atoms with van der Waals surface area (Å²) >= 11 is 0. The number of amides is 1. The number of aliphatic hydroxyl groups is 1. The van der Waals surface area contributed by atoms with Crippen molar-refractivity contribution in [2.75, 3.05) is 13.2 Å². The summed E-state index contributed by atoms with van der Waals surface area (Å²) < 4.78 is 11.4. The molecule has 0 aromatic heterocycles. The SMILES string of the molecule is CC(CCO)CNC(=O)C1Oc2ccccc2OC1C. The van der Waals surface area contributed by atoms with Crippen LogP contribution in [0, 0.1) is 5.92 Å². The molecule has 20 heavy (non-hydrogen) atoms. The predicted molar refractivity (Wildman–Crippen MR) is 74.8 cm³/mol. The van der Waals surface area contributed by atoms with E-state index in [2.05, 4.69) is 5.32 Å². The Hall–Kier alpha value is -1.75. The third-order valence-electron chi connectivity index (χ3n) is 3.35.